The van der Waals surface area contributed by atoms with E-state index >= 15 is 0 Å². The first-order chi connectivity index (χ1) is 15.0. The third-order valence-corrected chi connectivity index (χ3v) is 7.39. The van der Waals surface area contributed by atoms with Gasteiger partial charge in [0.05, 0.1) is 11.4 Å². The number of nitrogens with zero attached hydrogens (tertiary/aromatic N) is 5. The van der Waals surface area contributed by atoms with Gasteiger partial charge in [-0.15, -0.1) is 11.3 Å². The summed E-state index contributed by atoms with van der Waals surface area (Å²) in [6.07, 6.45) is 3.22. The molecule has 0 bridgehead atoms. The lowest BCUT2D eigenvalue weighted by atomic mass is 10.0. The van der Waals surface area contributed by atoms with E-state index in [0.717, 1.165) is 79.0 Å². The van der Waals surface area contributed by atoms with Crippen LogP contribution in [0.3, 0.4) is 0 Å². The lowest BCUT2D eigenvalue weighted by Gasteiger charge is -2.34. The van der Waals surface area contributed by atoms with Crippen molar-refractivity contribution in [2.45, 2.75) is 53.1 Å². The van der Waals surface area contributed by atoms with E-state index in [9.17, 15) is 4.79 Å². The van der Waals surface area contributed by atoms with Gasteiger partial charge in [-0.2, -0.15) is 5.10 Å². The Morgan fingerprint density at radius 1 is 1.23 bits per heavy atom. The average molecular weight is 439 g/mol. The Kier molecular flexibility index (Phi) is 5.44. The van der Waals surface area contributed by atoms with E-state index in [1.807, 2.05) is 6.92 Å². The maximum Gasteiger partial charge on any atom is 0.186 e. The molecule has 1 N–H and O–H groups in total. The number of nitrogens with one attached hydrogen (secondary N) is 1. The number of ketones is 1. The summed E-state index contributed by atoms with van der Waals surface area (Å²) in [5, 5.41) is 7.94. The van der Waals surface area contributed by atoms with Crippen LogP contribution in [0.2, 0.25) is 0 Å². The third kappa shape index (κ3) is 3.83. The zero-order valence-corrected chi connectivity index (χ0v) is 19.4. The van der Waals surface area contributed by atoms with E-state index in [-0.39, 0.29) is 5.78 Å². The van der Waals surface area contributed by atoms with Crippen LogP contribution in [-0.2, 0) is 25.9 Å². The molecule has 2 aliphatic rings. The number of aromatic amines is 1. The molecule has 0 aromatic carbocycles. The first-order valence-electron chi connectivity index (χ1n) is 11.2. The van der Waals surface area contributed by atoms with Crippen LogP contribution >= 0.6 is 11.3 Å². The van der Waals surface area contributed by atoms with Gasteiger partial charge in [0.15, 0.2) is 10.9 Å². The smallest absolute Gasteiger partial charge is 0.186 e. The van der Waals surface area contributed by atoms with Gasteiger partial charge in [0.2, 0.25) is 0 Å². The molecule has 3 aromatic heterocycles. The summed E-state index contributed by atoms with van der Waals surface area (Å²) in [6, 6.07) is 2.28. The molecule has 8 heteroatoms. The van der Waals surface area contributed by atoms with Crippen LogP contribution in [0.4, 0.5) is 5.13 Å². The molecule has 1 fully saturated rings. The fourth-order valence-corrected chi connectivity index (χ4v) is 5.84. The SMILES string of the molecule is CCc1c(-c2csc(N3CCN(Cc4cc5n(n4)CCC5)CC3)n2)[nH]c(C)c1C(C)=O. The minimum absolute atomic E-state index is 0.117. The number of aryl methyl sites for hydroxylation is 3. The van der Waals surface area contributed by atoms with Gasteiger partial charge in [-0.3, -0.25) is 14.4 Å². The van der Waals surface area contributed by atoms with Crippen molar-refractivity contribution in [1.29, 1.82) is 0 Å². The van der Waals surface area contributed by atoms with Crippen LogP contribution in [-0.4, -0.2) is 56.6 Å². The molecule has 0 spiro atoms. The maximum absolute atomic E-state index is 12.1. The largest absolute Gasteiger partial charge is 0.356 e. The van der Waals surface area contributed by atoms with E-state index in [1.165, 1.54) is 24.2 Å². The number of carbonyl (C=O) groups is 1. The average Bonchev–Trinajstić information content (AvgIpc) is 3.50. The molecule has 3 aromatic rings. The predicted molar refractivity (Wildman–Crippen MR) is 124 cm³/mol. The molecule has 31 heavy (non-hydrogen) atoms. The quantitative estimate of drug-likeness (QED) is 0.595. The summed E-state index contributed by atoms with van der Waals surface area (Å²) < 4.78 is 2.17. The number of aromatic nitrogens is 4. The van der Waals surface area contributed by atoms with E-state index in [2.05, 4.69) is 37.8 Å². The first kappa shape index (κ1) is 20.5. The van der Waals surface area contributed by atoms with Crippen molar-refractivity contribution in [2.24, 2.45) is 0 Å². The molecule has 5 rings (SSSR count). The van der Waals surface area contributed by atoms with Crippen molar-refractivity contribution in [3.63, 3.8) is 0 Å². The predicted octanol–water partition coefficient (Wildman–Crippen LogP) is 3.68. The normalized spacial score (nSPS) is 16.8. The number of rotatable bonds is 6. The van der Waals surface area contributed by atoms with E-state index < -0.39 is 0 Å². The van der Waals surface area contributed by atoms with Crippen LogP contribution < -0.4 is 4.90 Å². The number of carbonyl (C=O) groups excluding carboxylic acids is 1. The molecule has 2 aliphatic heterocycles. The highest BCUT2D eigenvalue weighted by atomic mass is 32.1. The Balaban J connectivity index is 1.25. The highest BCUT2D eigenvalue weighted by molar-refractivity contribution is 7.14. The molecule has 0 radical (unpaired) electrons. The molecule has 1 saturated heterocycles. The van der Waals surface area contributed by atoms with Gasteiger partial charge in [0.1, 0.15) is 5.69 Å². The summed E-state index contributed by atoms with van der Waals surface area (Å²) in [4.78, 5) is 25.3. The molecule has 0 amide bonds. The third-order valence-electron chi connectivity index (χ3n) is 6.49. The second kappa shape index (κ2) is 8.24. The molecule has 164 valence electrons. The van der Waals surface area contributed by atoms with Crippen molar-refractivity contribution in [3.05, 3.63) is 39.7 Å². The minimum Gasteiger partial charge on any atom is -0.356 e. The lowest BCUT2D eigenvalue weighted by molar-refractivity contribution is 0.101. The molecular weight excluding hydrogens is 408 g/mol. The van der Waals surface area contributed by atoms with Crippen molar-refractivity contribution >= 4 is 22.3 Å². The van der Waals surface area contributed by atoms with Crippen LogP contribution in [0, 0.1) is 6.92 Å². The van der Waals surface area contributed by atoms with Crippen LogP contribution in [0.1, 0.15) is 53.3 Å². The Hall–Kier alpha value is -2.45. The zero-order valence-electron chi connectivity index (χ0n) is 18.6. The summed E-state index contributed by atoms with van der Waals surface area (Å²) in [7, 11) is 0. The van der Waals surface area contributed by atoms with Gasteiger partial charge >= 0.3 is 0 Å². The molecule has 5 heterocycles. The van der Waals surface area contributed by atoms with E-state index in [4.69, 9.17) is 10.1 Å². The van der Waals surface area contributed by atoms with Gasteiger partial charge in [-0.25, -0.2) is 4.98 Å². The Labute approximate surface area is 187 Å². The molecule has 0 unspecified atom stereocenters. The topological polar surface area (TPSA) is 70.0 Å². The Morgan fingerprint density at radius 3 is 2.74 bits per heavy atom. The molecule has 0 aliphatic carbocycles. The number of Topliss-reactive ketones (excluding diaryl/α,β-unsaturated/α-hetero) is 1. The van der Waals surface area contributed by atoms with Crippen LogP contribution in [0.15, 0.2) is 11.4 Å². The second-order valence-corrected chi connectivity index (χ2v) is 9.46. The van der Waals surface area contributed by atoms with Gasteiger partial charge < -0.3 is 9.88 Å². The van der Waals surface area contributed by atoms with Crippen molar-refractivity contribution in [3.8, 4) is 11.4 Å². The molecule has 7 nitrogen and oxygen atoms in total. The molecular formula is C23H30N6OS. The van der Waals surface area contributed by atoms with Crippen molar-refractivity contribution < 1.29 is 4.79 Å². The number of fused-ring (bicyclic) bond motifs is 1. The molecule has 0 atom stereocenters. The van der Waals surface area contributed by atoms with E-state index in [1.54, 1.807) is 18.3 Å². The standard InChI is InChI=1S/C23H30N6OS/c1-4-19-21(16(3)30)15(2)24-22(19)20-14-31-23(25-20)28-10-8-27(9-11-28)13-17-12-18-6-5-7-29(18)26-17/h12,14,24H,4-11,13H2,1-3H3. The minimum atomic E-state index is 0.117. The zero-order chi connectivity index (χ0) is 21.5. The highest BCUT2D eigenvalue weighted by Crippen LogP contribution is 2.33. The van der Waals surface area contributed by atoms with Gasteiger partial charge in [-0.05, 0) is 44.7 Å². The number of thiazole rings is 1. The Bertz CT molecular complexity index is 1080. The number of anilines is 1. The monoisotopic (exact) mass is 438 g/mol. The van der Waals surface area contributed by atoms with Crippen LogP contribution in [0.5, 0.6) is 0 Å². The van der Waals surface area contributed by atoms with E-state index in [0.29, 0.717) is 0 Å². The summed E-state index contributed by atoms with van der Waals surface area (Å²) >= 11 is 1.69. The number of hydrogen-bond donors (Lipinski definition) is 1. The van der Waals surface area contributed by atoms with Crippen LogP contribution in [0.25, 0.3) is 11.4 Å². The summed E-state index contributed by atoms with van der Waals surface area (Å²) in [5.74, 6) is 0.117. The fraction of sp³-hybridized carbons (Fsp3) is 0.522. The first-order valence-corrected chi connectivity index (χ1v) is 12.1. The molecule has 0 saturated carbocycles. The number of hydrogen-bond acceptors (Lipinski definition) is 6. The highest BCUT2D eigenvalue weighted by Gasteiger charge is 2.24. The summed E-state index contributed by atoms with van der Waals surface area (Å²) in [5.41, 5.74) is 7.39. The van der Waals surface area contributed by atoms with Gasteiger partial charge in [-0.1, -0.05) is 6.92 Å². The number of H-pyrrole nitrogens is 1. The van der Waals surface area contributed by atoms with Crippen molar-refractivity contribution in [1.82, 2.24) is 24.6 Å². The second-order valence-electron chi connectivity index (χ2n) is 8.62. The number of piperazine rings is 1. The Morgan fingerprint density at radius 2 is 2.03 bits per heavy atom. The lowest BCUT2D eigenvalue weighted by Crippen LogP contribution is -2.46. The fourth-order valence-electron chi connectivity index (χ4n) is 4.97. The maximum atomic E-state index is 12.1. The van der Waals surface area contributed by atoms with Crippen molar-refractivity contribution in [2.75, 3.05) is 31.1 Å². The summed E-state index contributed by atoms with van der Waals surface area (Å²) in [6.45, 7) is 11.7. The van der Waals surface area contributed by atoms with Gasteiger partial charge in [0, 0.05) is 61.6 Å². The van der Waals surface area contributed by atoms with Gasteiger partial charge in [0.25, 0.3) is 0 Å².